The van der Waals surface area contributed by atoms with Gasteiger partial charge >= 0.3 is 6.03 Å². The normalized spacial score (nSPS) is 20.7. The smallest absolute Gasteiger partial charge is 0.317 e. The van der Waals surface area contributed by atoms with E-state index < -0.39 is 0 Å². The van der Waals surface area contributed by atoms with Crippen LogP contribution < -0.4 is 15.1 Å². The first kappa shape index (κ1) is 19.4. The number of fused-ring (bicyclic) bond motifs is 1. The maximum Gasteiger partial charge on any atom is 0.317 e. The Kier molecular flexibility index (Phi) is 5.57. The van der Waals surface area contributed by atoms with Gasteiger partial charge in [-0.3, -0.25) is 0 Å². The lowest BCUT2D eigenvalue weighted by Crippen LogP contribution is -2.54. The molecule has 3 aliphatic heterocycles. The van der Waals surface area contributed by atoms with Crippen LogP contribution in [0.1, 0.15) is 25.7 Å². The number of benzene rings is 1. The van der Waals surface area contributed by atoms with Gasteiger partial charge in [-0.1, -0.05) is 0 Å². The summed E-state index contributed by atoms with van der Waals surface area (Å²) in [7, 11) is 0. The largest absolute Gasteiger partial charge is 0.381 e. The summed E-state index contributed by atoms with van der Waals surface area (Å²) >= 11 is 0. The summed E-state index contributed by atoms with van der Waals surface area (Å²) in [4.78, 5) is 28.3. The third kappa shape index (κ3) is 4.01. The molecule has 160 valence electrons. The van der Waals surface area contributed by atoms with Gasteiger partial charge in [-0.2, -0.15) is 0 Å². The highest BCUT2D eigenvalue weighted by Crippen LogP contribution is 2.30. The number of carbonyl (C=O) groups excluding carboxylic acids is 1. The van der Waals surface area contributed by atoms with E-state index in [4.69, 9.17) is 4.74 Å². The molecule has 0 aliphatic carbocycles. The van der Waals surface area contributed by atoms with Crippen LogP contribution in [0.15, 0.2) is 24.5 Å². The van der Waals surface area contributed by atoms with E-state index in [9.17, 15) is 4.79 Å². The van der Waals surface area contributed by atoms with Gasteiger partial charge in [-0.15, -0.1) is 0 Å². The Balaban J connectivity index is 1.25. The predicted molar refractivity (Wildman–Crippen MR) is 117 cm³/mol. The molecule has 0 atom stereocenters. The van der Waals surface area contributed by atoms with E-state index in [2.05, 4.69) is 43.3 Å². The van der Waals surface area contributed by atoms with E-state index in [0.29, 0.717) is 0 Å². The van der Waals surface area contributed by atoms with Crippen molar-refractivity contribution in [2.45, 2.75) is 31.7 Å². The van der Waals surface area contributed by atoms with Crippen molar-refractivity contribution < 1.29 is 9.53 Å². The van der Waals surface area contributed by atoms with Crippen molar-refractivity contribution >= 4 is 28.4 Å². The second-order valence-corrected chi connectivity index (χ2v) is 8.40. The van der Waals surface area contributed by atoms with Crippen LogP contribution in [0.3, 0.4) is 0 Å². The lowest BCUT2D eigenvalue weighted by atomic mass is 10.1. The summed E-state index contributed by atoms with van der Waals surface area (Å²) in [6.07, 6.45) is 5.94. The Morgan fingerprint density at radius 2 is 1.73 bits per heavy atom. The molecule has 0 bridgehead atoms. The van der Waals surface area contributed by atoms with Crippen LogP contribution in [0.25, 0.3) is 10.9 Å². The average Bonchev–Trinajstić information content (AvgIpc) is 3.34. The van der Waals surface area contributed by atoms with Crippen molar-refractivity contribution in [3.05, 3.63) is 24.5 Å². The molecule has 3 aliphatic rings. The molecule has 0 unspecified atom stereocenters. The number of amides is 2. The summed E-state index contributed by atoms with van der Waals surface area (Å²) in [5.74, 6) is 1.05. The zero-order valence-electron chi connectivity index (χ0n) is 17.4. The van der Waals surface area contributed by atoms with Gasteiger partial charge in [0.2, 0.25) is 0 Å². The van der Waals surface area contributed by atoms with Crippen LogP contribution in [0.4, 0.5) is 16.3 Å². The SMILES string of the molecule is O=C(NC1CCOCC1)N1CCN(c2ccc3ncnc(N4CCCC4)c3c2)CC1. The van der Waals surface area contributed by atoms with Gasteiger partial charge in [-0.25, -0.2) is 14.8 Å². The molecular weight excluding hydrogens is 380 g/mol. The number of ether oxygens (including phenoxy) is 1. The zero-order chi connectivity index (χ0) is 20.3. The van der Waals surface area contributed by atoms with E-state index in [1.54, 1.807) is 6.33 Å². The molecule has 5 rings (SSSR count). The first-order valence-electron chi connectivity index (χ1n) is 11.2. The lowest BCUT2D eigenvalue weighted by Gasteiger charge is -2.37. The van der Waals surface area contributed by atoms with E-state index in [-0.39, 0.29) is 12.1 Å². The molecule has 3 saturated heterocycles. The molecule has 4 heterocycles. The van der Waals surface area contributed by atoms with Gasteiger partial charge in [0.1, 0.15) is 12.1 Å². The number of nitrogens with zero attached hydrogens (tertiary/aromatic N) is 5. The topological polar surface area (TPSA) is 73.8 Å². The Hall–Kier alpha value is -2.61. The van der Waals surface area contributed by atoms with Crippen molar-refractivity contribution in [1.29, 1.82) is 0 Å². The van der Waals surface area contributed by atoms with Crippen LogP contribution >= 0.6 is 0 Å². The number of rotatable bonds is 3. The van der Waals surface area contributed by atoms with Crippen LogP contribution in [0, 0.1) is 0 Å². The first-order chi connectivity index (χ1) is 14.8. The molecule has 1 aromatic carbocycles. The summed E-state index contributed by atoms with van der Waals surface area (Å²) in [6.45, 7) is 6.75. The van der Waals surface area contributed by atoms with E-state index in [1.807, 2.05) is 4.90 Å². The lowest BCUT2D eigenvalue weighted by molar-refractivity contribution is 0.0779. The van der Waals surface area contributed by atoms with Gasteiger partial charge in [-0.05, 0) is 43.9 Å². The van der Waals surface area contributed by atoms with Crippen molar-refractivity contribution in [2.24, 2.45) is 0 Å². The van der Waals surface area contributed by atoms with Crippen LogP contribution in [-0.4, -0.2) is 79.4 Å². The van der Waals surface area contributed by atoms with Gasteiger partial charge in [0.05, 0.1) is 5.52 Å². The fourth-order valence-corrected chi connectivity index (χ4v) is 4.68. The molecule has 2 aromatic rings. The molecule has 0 saturated carbocycles. The van der Waals surface area contributed by atoms with E-state index >= 15 is 0 Å². The summed E-state index contributed by atoms with van der Waals surface area (Å²) in [5.41, 5.74) is 2.17. The minimum Gasteiger partial charge on any atom is -0.381 e. The number of nitrogens with one attached hydrogen (secondary N) is 1. The summed E-state index contributed by atoms with van der Waals surface area (Å²) in [5, 5.41) is 4.29. The number of hydrogen-bond donors (Lipinski definition) is 1. The highest BCUT2D eigenvalue weighted by Gasteiger charge is 2.25. The molecule has 1 N–H and O–H groups in total. The average molecular weight is 411 g/mol. The maximum absolute atomic E-state index is 12.6. The molecule has 0 spiro atoms. The molecule has 1 aromatic heterocycles. The maximum atomic E-state index is 12.6. The number of anilines is 2. The van der Waals surface area contributed by atoms with Gasteiger partial charge in [0.15, 0.2) is 0 Å². The van der Waals surface area contributed by atoms with Crippen LogP contribution in [0.5, 0.6) is 0 Å². The van der Waals surface area contributed by atoms with Crippen molar-refractivity contribution in [2.75, 3.05) is 62.3 Å². The number of carbonyl (C=O) groups is 1. The van der Waals surface area contributed by atoms with Crippen LogP contribution in [-0.2, 0) is 4.74 Å². The number of hydrogen-bond acceptors (Lipinski definition) is 6. The second-order valence-electron chi connectivity index (χ2n) is 8.40. The fraction of sp³-hybridized carbons (Fsp3) is 0.591. The molecular formula is C22H30N6O2. The Bertz CT molecular complexity index is 886. The van der Waals surface area contributed by atoms with Crippen molar-refractivity contribution in [3.8, 4) is 0 Å². The van der Waals surface area contributed by atoms with Crippen LogP contribution in [0.2, 0.25) is 0 Å². The van der Waals surface area contributed by atoms with Gasteiger partial charge < -0.3 is 24.8 Å². The Morgan fingerprint density at radius 1 is 0.967 bits per heavy atom. The zero-order valence-corrected chi connectivity index (χ0v) is 17.4. The second kappa shape index (κ2) is 8.63. The molecule has 3 fully saturated rings. The molecule has 30 heavy (non-hydrogen) atoms. The first-order valence-corrected chi connectivity index (χ1v) is 11.2. The minimum absolute atomic E-state index is 0.0600. The van der Waals surface area contributed by atoms with Crippen molar-refractivity contribution in [3.63, 3.8) is 0 Å². The summed E-state index contributed by atoms with van der Waals surface area (Å²) in [6, 6.07) is 6.76. The quantitative estimate of drug-likeness (QED) is 0.837. The molecule has 0 radical (unpaired) electrons. The fourth-order valence-electron chi connectivity index (χ4n) is 4.68. The standard InChI is InChI=1S/C22H30N6O2/c29-22(25-17-5-13-30-14-6-17)28-11-9-26(10-12-28)18-3-4-20-19(15-18)21(24-16-23-20)27-7-1-2-8-27/h3-4,15-17H,1-2,5-14H2,(H,25,29). The third-order valence-electron chi connectivity index (χ3n) is 6.48. The van der Waals surface area contributed by atoms with Crippen molar-refractivity contribution in [1.82, 2.24) is 20.2 Å². The molecule has 8 nitrogen and oxygen atoms in total. The monoisotopic (exact) mass is 410 g/mol. The highest BCUT2D eigenvalue weighted by molar-refractivity contribution is 5.92. The Morgan fingerprint density at radius 3 is 2.50 bits per heavy atom. The molecule has 8 heteroatoms. The van der Waals surface area contributed by atoms with Gasteiger partial charge in [0.25, 0.3) is 0 Å². The minimum atomic E-state index is 0.0600. The van der Waals surface area contributed by atoms with Gasteiger partial charge in [0, 0.05) is 69.6 Å². The number of urea groups is 1. The molecule has 2 amide bonds. The third-order valence-corrected chi connectivity index (χ3v) is 6.48. The summed E-state index contributed by atoms with van der Waals surface area (Å²) < 4.78 is 5.38. The van der Waals surface area contributed by atoms with E-state index in [0.717, 1.165) is 82.0 Å². The van der Waals surface area contributed by atoms with E-state index in [1.165, 1.54) is 18.5 Å². The number of aromatic nitrogens is 2. The predicted octanol–water partition coefficient (Wildman–Crippen LogP) is 2.24. The number of piperazine rings is 1. The Labute approximate surface area is 177 Å². The highest BCUT2D eigenvalue weighted by atomic mass is 16.5.